The highest BCUT2D eigenvalue weighted by molar-refractivity contribution is 6.11. The quantitative estimate of drug-likeness (QED) is 0.536. The predicted octanol–water partition coefficient (Wildman–Crippen LogP) is 2.73. The number of amides is 2. The molecule has 0 fully saturated rings. The van der Waals surface area contributed by atoms with E-state index in [1.54, 1.807) is 13.1 Å². The van der Waals surface area contributed by atoms with Gasteiger partial charge in [0.1, 0.15) is 12.4 Å². The number of halogens is 1. The molecule has 0 saturated heterocycles. The van der Waals surface area contributed by atoms with Crippen molar-refractivity contribution in [3.8, 4) is 5.75 Å². The number of pyridine rings is 2. The molecule has 4 N–H and O–H groups in total. The standard InChI is InChI=1S/C21H26FN5O3/c1-11(2)7-12(23)10-30-17-9-16-14(8-15(17)22)13-5-6-25-19(26-21(29)24-3)18(13)20(28)27(16)4/h5-6,8-9,11-12H,7,10,23H2,1-4H3,(H2,24,25,26,29). The fourth-order valence-electron chi connectivity index (χ4n) is 3.46. The van der Waals surface area contributed by atoms with Crippen LogP contribution in [0.1, 0.15) is 20.3 Å². The highest BCUT2D eigenvalue weighted by Crippen LogP contribution is 2.30. The molecule has 0 spiro atoms. The maximum Gasteiger partial charge on any atom is 0.320 e. The van der Waals surface area contributed by atoms with Gasteiger partial charge in [-0.15, -0.1) is 0 Å². The van der Waals surface area contributed by atoms with Gasteiger partial charge >= 0.3 is 6.03 Å². The van der Waals surface area contributed by atoms with E-state index in [9.17, 15) is 14.0 Å². The van der Waals surface area contributed by atoms with Crippen molar-refractivity contribution in [2.24, 2.45) is 18.7 Å². The molecule has 9 heteroatoms. The van der Waals surface area contributed by atoms with Gasteiger partial charge in [0.2, 0.25) is 0 Å². The smallest absolute Gasteiger partial charge is 0.320 e. The summed E-state index contributed by atoms with van der Waals surface area (Å²) in [5.41, 5.74) is 6.16. The van der Waals surface area contributed by atoms with E-state index < -0.39 is 11.8 Å². The number of benzene rings is 1. The summed E-state index contributed by atoms with van der Waals surface area (Å²) < 4.78 is 21.8. The van der Waals surface area contributed by atoms with Gasteiger partial charge in [-0.3, -0.25) is 10.1 Å². The molecule has 0 aliphatic heterocycles. The summed E-state index contributed by atoms with van der Waals surface area (Å²) in [6.07, 6.45) is 2.21. The van der Waals surface area contributed by atoms with Crippen LogP contribution in [0.5, 0.6) is 5.75 Å². The van der Waals surface area contributed by atoms with E-state index in [4.69, 9.17) is 10.5 Å². The van der Waals surface area contributed by atoms with Crippen LogP contribution in [-0.4, -0.2) is 35.3 Å². The van der Waals surface area contributed by atoms with E-state index in [0.29, 0.717) is 22.2 Å². The Labute approximate surface area is 173 Å². The maximum atomic E-state index is 14.8. The second kappa shape index (κ2) is 8.66. The van der Waals surface area contributed by atoms with Crippen LogP contribution in [0.3, 0.4) is 0 Å². The Bertz CT molecular complexity index is 1160. The normalized spacial score (nSPS) is 12.4. The number of carbonyl (C=O) groups excluding carboxylic acids is 1. The van der Waals surface area contributed by atoms with E-state index >= 15 is 0 Å². The van der Waals surface area contributed by atoms with Crippen LogP contribution in [0, 0.1) is 11.7 Å². The first-order valence-electron chi connectivity index (χ1n) is 9.71. The first-order chi connectivity index (χ1) is 14.2. The van der Waals surface area contributed by atoms with Crippen molar-refractivity contribution in [2.75, 3.05) is 19.0 Å². The zero-order valence-corrected chi connectivity index (χ0v) is 17.5. The van der Waals surface area contributed by atoms with Gasteiger partial charge in [0.25, 0.3) is 5.56 Å². The Kier molecular flexibility index (Phi) is 6.21. The number of urea groups is 1. The summed E-state index contributed by atoms with van der Waals surface area (Å²) in [5, 5.41) is 6.14. The monoisotopic (exact) mass is 415 g/mol. The zero-order valence-electron chi connectivity index (χ0n) is 17.5. The molecule has 160 valence electrons. The molecule has 3 rings (SSSR count). The van der Waals surface area contributed by atoms with Crippen LogP contribution >= 0.6 is 0 Å². The molecule has 2 aromatic heterocycles. The second-order valence-corrected chi connectivity index (χ2v) is 7.65. The van der Waals surface area contributed by atoms with Gasteiger partial charge in [-0.25, -0.2) is 14.2 Å². The lowest BCUT2D eigenvalue weighted by molar-refractivity contribution is 0.254. The van der Waals surface area contributed by atoms with Gasteiger partial charge in [-0.2, -0.15) is 0 Å². The zero-order chi connectivity index (χ0) is 22.0. The van der Waals surface area contributed by atoms with Crippen LogP contribution < -0.4 is 26.7 Å². The maximum absolute atomic E-state index is 14.8. The minimum Gasteiger partial charge on any atom is -0.489 e. The average Bonchev–Trinajstić information content (AvgIpc) is 2.70. The lowest BCUT2D eigenvalue weighted by Crippen LogP contribution is -2.29. The van der Waals surface area contributed by atoms with E-state index in [0.717, 1.165) is 6.42 Å². The summed E-state index contributed by atoms with van der Waals surface area (Å²) in [6, 6.07) is 3.71. The number of nitrogens with zero attached hydrogens (tertiary/aromatic N) is 2. The summed E-state index contributed by atoms with van der Waals surface area (Å²) in [7, 11) is 3.03. The Morgan fingerprint density at radius 3 is 2.73 bits per heavy atom. The topological polar surface area (TPSA) is 111 Å². The second-order valence-electron chi connectivity index (χ2n) is 7.65. The van der Waals surface area contributed by atoms with Gasteiger partial charge in [0.15, 0.2) is 11.6 Å². The number of aryl methyl sites for hydroxylation is 1. The number of anilines is 1. The number of nitrogens with two attached hydrogens (primary N) is 1. The van der Waals surface area contributed by atoms with Gasteiger partial charge in [0.05, 0.1) is 10.9 Å². The molecule has 1 aromatic carbocycles. The molecule has 0 saturated carbocycles. The fourth-order valence-corrected chi connectivity index (χ4v) is 3.46. The Hall–Kier alpha value is -3.20. The number of fused-ring (bicyclic) bond motifs is 3. The molecule has 1 unspecified atom stereocenters. The predicted molar refractivity (Wildman–Crippen MR) is 115 cm³/mol. The van der Waals surface area contributed by atoms with Crippen molar-refractivity contribution in [1.82, 2.24) is 14.9 Å². The number of hydrogen-bond donors (Lipinski definition) is 3. The third kappa shape index (κ3) is 4.20. The summed E-state index contributed by atoms with van der Waals surface area (Å²) in [4.78, 5) is 28.8. The van der Waals surface area contributed by atoms with Crippen molar-refractivity contribution >= 4 is 33.5 Å². The number of rotatable bonds is 6. The van der Waals surface area contributed by atoms with Gasteiger partial charge in [-0.05, 0) is 24.5 Å². The minimum atomic E-state index is -0.559. The summed E-state index contributed by atoms with van der Waals surface area (Å²) in [5.74, 6) is -0.0103. The number of ether oxygens (including phenoxy) is 1. The molecule has 1 atom stereocenters. The number of nitrogens with one attached hydrogen (secondary N) is 2. The third-order valence-electron chi connectivity index (χ3n) is 4.86. The SMILES string of the molecule is CNC(=O)Nc1nccc2c1c(=O)n(C)c1cc(OCC(N)CC(C)C)c(F)cc21. The Morgan fingerprint density at radius 1 is 1.33 bits per heavy atom. The molecule has 2 amide bonds. The molecular formula is C21H26FN5O3. The van der Waals surface area contributed by atoms with Crippen LogP contribution in [0.15, 0.2) is 29.2 Å². The minimum absolute atomic E-state index is 0.0359. The van der Waals surface area contributed by atoms with Crippen LogP contribution in [0.4, 0.5) is 15.0 Å². The van der Waals surface area contributed by atoms with Gasteiger partial charge < -0.3 is 20.4 Å². The van der Waals surface area contributed by atoms with Crippen LogP contribution in [0.25, 0.3) is 21.7 Å². The largest absolute Gasteiger partial charge is 0.489 e. The fraction of sp³-hybridized carbons (Fsp3) is 0.381. The first kappa shape index (κ1) is 21.5. The lowest BCUT2D eigenvalue weighted by atomic mass is 10.1. The van der Waals surface area contributed by atoms with E-state index in [1.165, 1.54) is 29.9 Å². The molecule has 0 bridgehead atoms. The molecule has 8 nitrogen and oxygen atoms in total. The van der Waals surface area contributed by atoms with E-state index in [2.05, 4.69) is 29.5 Å². The van der Waals surface area contributed by atoms with Gasteiger partial charge in [-0.1, -0.05) is 13.8 Å². The van der Waals surface area contributed by atoms with Crippen molar-refractivity contribution in [3.63, 3.8) is 0 Å². The van der Waals surface area contributed by atoms with E-state index in [1.807, 2.05) is 0 Å². The van der Waals surface area contributed by atoms with Crippen molar-refractivity contribution in [2.45, 2.75) is 26.3 Å². The molecule has 30 heavy (non-hydrogen) atoms. The molecule has 2 heterocycles. The Morgan fingerprint density at radius 2 is 2.07 bits per heavy atom. The van der Waals surface area contributed by atoms with Gasteiger partial charge in [0, 0.05) is 43.2 Å². The number of aromatic nitrogens is 2. The molecule has 0 radical (unpaired) electrons. The van der Waals surface area contributed by atoms with Crippen molar-refractivity contribution in [3.05, 3.63) is 40.6 Å². The average molecular weight is 415 g/mol. The highest BCUT2D eigenvalue weighted by atomic mass is 19.1. The first-order valence-corrected chi connectivity index (χ1v) is 9.71. The van der Waals surface area contributed by atoms with Crippen molar-refractivity contribution < 1.29 is 13.9 Å². The van der Waals surface area contributed by atoms with Crippen LogP contribution in [-0.2, 0) is 7.05 Å². The van der Waals surface area contributed by atoms with E-state index in [-0.39, 0.29) is 35.2 Å². The number of carbonyl (C=O) groups is 1. The molecular weight excluding hydrogens is 389 g/mol. The molecule has 0 aliphatic rings. The lowest BCUT2D eigenvalue weighted by Gasteiger charge is -2.17. The third-order valence-corrected chi connectivity index (χ3v) is 4.86. The molecule has 3 aromatic rings. The highest BCUT2D eigenvalue weighted by Gasteiger charge is 2.18. The molecule has 0 aliphatic carbocycles. The number of hydrogen-bond acceptors (Lipinski definition) is 5. The Balaban J connectivity index is 2.11. The summed E-state index contributed by atoms with van der Waals surface area (Å²) >= 11 is 0. The van der Waals surface area contributed by atoms with Crippen molar-refractivity contribution in [1.29, 1.82) is 0 Å². The van der Waals surface area contributed by atoms with Crippen LogP contribution in [0.2, 0.25) is 0 Å². The summed E-state index contributed by atoms with van der Waals surface area (Å²) in [6.45, 7) is 4.28.